The quantitative estimate of drug-likeness (QED) is 0.841. The molecule has 1 aromatic heterocycles. The number of rotatable bonds is 2. The Bertz CT molecular complexity index is 614. The summed E-state index contributed by atoms with van der Waals surface area (Å²) >= 11 is 0. The van der Waals surface area contributed by atoms with Crippen LogP contribution in [0.15, 0.2) is 42.6 Å². The summed E-state index contributed by atoms with van der Waals surface area (Å²) in [6.45, 7) is 0. The number of nitrogens with two attached hydrogens (primary N) is 1. The SMILES string of the molecule is N#Cc1cccnc1-c1ccccc1C(N)=O. The molecular weight excluding hydrogens is 214 g/mol. The molecule has 1 aromatic carbocycles. The molecular formula is C13H9N3O. The second-order valence-corrected chi connectivity index (χ2v) is 3.42. The smallest absolute Gasteiger partial charge is 0.249 e. The average Bonchev–Trinajstić information content (AvgIpc) is 2.38. The first-order chi connectivity index (χ1) is 8.24. The Labute approximate surface area is 98.3 Å². The second kappa shape index (κ2) is 4.45. The minimum atomic E-state index is -0.532. The van der Waals surface area contributed by atoms with E-state index >= 15 is 0 Å². The minimum absolute atomic E-state index is 0.364. The van der Waals surface area contributed by atoms with E-state index in [2.05, 4.69) is 4.98 Å². The van der Waals surface area contributed by atoms with Gasteiger partial charge in [-0.2, -0.15) is 5.26 Å². The third-order valence-corrected chi connectivity index (χ3v) is 2.38. The molecule has 1 heterocycles. The van der Waals surface area contributed by atoms with Gasteiger partial charge in [-0.3, -0.25) is 9.78 Å². The molecule has 0 saturated carbocycles. The van der Waals surface area contributed by atoms with Gasteiger partial charge in [-0.15, -0.1) is 0 Å². The first-order valence-corrected chi connectivity index (χ1v) is 4.98. The lowest BCUT2D eigenvalue weighted by Gasteiger charge is -2.06. The number of benzene rings is 1. The first kappa shape index (κ1) is 10.8. The molecule has 4 heteroatoms. The van der Waals surface area contributed by atoms with E-state index in [0.29, 0.717) is 22.4 Å². The van der Waals surface area contributed by atoms with Gasteiger partial charge >= 0.3 is 0 Å². The van der Waals surface area contributed by atoms with Gasteiger partial charge in [0, 0.05) is 17.3 Å². The monoisotopic (exact) mass is 223 g/mol. The maximum absolute atomic E-state index is 11.3. The lowest BCUT2D eigenvalue weighted by atomic mass is 10.0. The van der Waals surface area contributed by atoms with Crippen LogP contribution in [-0.2, 0) is 0 Å². The van der Waals surface area contributed by atoms with Crippen molar-refractivity contribution in [1.82, 2.24) is 4.98 Å². The van der Waals surface area contributed by atoms with E-state index in [-0.39, 0.29) is 0 Å². The van der Waals surface area contributed by atoms with Crippen LogP contribution in [-0.4, -0.2) is 10.9 Å². The largest absolute Gasteiger partial charge is 0.366 e. The van der Waals surface area contributed by atoms with Crippen molar-refractivity contribution < 1.29 is 4.79 Å². The molecule has 0 radical (unpaired) electrons. The van der Waals surface area contributed by atoms with E-state index in [9.17, 15) is 4.79 Å². The maximum Gasteiger partial charge on any atom is 0.249 e. The highest BCUT2D eigenvalue weighted by atomic mass is 16.1. The summed E-state index contributed by atoms with van der Waals surface area (Å²) in [5.41, 5.74) is 7.13. The molecule has 0 aliphatic heterocycles. The van der Waals surface area contributed by atoms with Gasteiger partial charge in [0.05, 0.1) is 11.3 Å². The lowest BCUT2D eigenvalue weighted by molar-refractivity contribution is 0.100. The van der Waals surface area contributed by atoms with Crippen LogP contribution in [0.3, 0.4) is 0 Å². The number of primary amides is 1. The van der Waals surface area contributed by atoms with Gasteiger partial charge in [0.15, 0.2) is 0 Å². The summed E-state index contributed by atoms with van der Waals surface area (Å²) in [7, 11) is 0. The van der Waals surface area contributed by atoms with E-state index < -0.39 is 5.91 Å². The van der Waals surface area contributed by atoms with Gasteiger partial charge in [-0.05, 0) is 18.2 Å². The third kappa shape index (κ3) is 1.99. The zero-order valence-corrected chi connectivity index (χ0v) is 8.92. The van der Waals surface area contributed by atoms with Crippen molar-refractivity contribution in [3.8, 4) is 17.3 Å². The van der Waals surface area contributed by atoms with E-state index in [1.165, 1.54) is 0 Å². The number of aromatic nitrogens is 1. The molecule has 2 N–H and O–H groups in total. The number of carbonyl (C=O) groups is 1. The fraction of sp³-hybridized carbons (Fsp3) is 0. The molecule has 0 atom stereocenters. The van der Waals surface area contributed by atoms with Crippen molar-refractivity contribution in [2.45, 2.75) is 0 Å². The normalized spacial score (nSPS) is 9.59. The predicted octanol–water partition coefficient (Wildman–Crippen LogP) is 1.72. The highest BCUT2D eigenvalue weighted by molar-refractivity contribution is 5.99. The standard InChI is InChI=1S/C13H9N3O/c14-8-9-4-3-7-16-12(9)10-5-1-2-6-11(10)13(15)17/h1-7H,(H2,15,17). The number of hydrogen-bond acceptors (Lipinski definition) is 3. The number of hydrogen-bond donors (Lipinski definition) is 1. The van der Waals surface area contributed by atoms with E-state index in [0.717, 1.165) is 0 Å². The van der Waals surface area contributed by atoms with Gasteiger partial charge in [-0.1, -0.05) is 18.2 Å². The number of nitrogens with zero attached hydrogens (tertiary/aromatic N) is 2. The molecule has 0 aliphatic carbocycles. The predicted molar refractivity (Wildman–Crippen MR) is 62.9 cm³/mol. The Balaban J connectivity index is 2.69. The molecule has 0 saturated heterocycles. The van der Waals surface area contributed by atoms with Crippen molar-refractivity contribution in [2.24, 2.45) is 5.73 Å². The molecule has 0 spiro atoms. The van der Waals surface area contributed by atoms with Crippen LogP contribution in [0.1, 0.15) is 15.9 Å². The van der Waals surface area contributed by atoms with Gasteiger partial charge < -0.3 is 5.73 Å². The van der Waals surface area contributed by atoms with Crippen LogP contribution in [0.5, 0.6) is 0 Å². The molecule has 82 valence electrons. The fourth-order valence-corrected chi connectivity index (χ4v) is 1.61. The van der Waals surface area contributed by atoms with Crippen molar-refractivity contribution in [1.29, 1.82) is 5.26 Å². The summed E-state index contributed by atoms with van der Waals surface area (Å²) in [6.07, 6.45) is 1.58. The van der Waals surface area contributed by atoms with E-state index in [1.54, 1.807) is 42.6 Å². The van der Waals surface area contributed by atoms with Gasteiger partial charge in [0.2, 0.25) is 5.91 Å². The fourth-order valence-electron chi connectivity index (χ4n) is 1.61. The molecule has 0 unspecified atom stereocenters. The van der Waals surface area contributed by atoms with Gasteiger partial charge in [0.25, 0.3) is 0 Å². The number of amides is 1. The Kier molecular flexibility index (Phi) is 2.84. The Hall–Kier alpha value is -2.67. The van der Waals surface area contributed by atoms with Crippen LogP contribution < -0.4 is 5.73 Å². The topological polar surface area (TPSA) is 79.8 Å². The van der Waals surface area contributed by atoms with Crippen molar-refractivity contribution in [2.75, 3.05) is 0 Å². The molecule has 17 heavy (non-hydrogen) atoms. The van der Waals surface area contributed by atoms with Crippen molar-refractivity contribution >= 4 is 5.91 Å². The molecule has 1 amide bonds. The number of nitriles is 1. The Morgan fingerprint density at radius 2 is 2.00 bits per heavy atom. The van der Waals surface area contributed by atoms with Crippen LogP contribution in [0.2, 0.25) is 0 Å². The van der Waals surface area contributed by atoms with Crippen molar-refractivity contribution in [3.05, 3.63) is 53.7 Å². The van der Waals surface area contributed by atoms with Gasteiger partial charge in [-0.25, -0.2) is 0 Å². The number of carbonyl (C=O) groups excluding carboxylic acids is 1. The van der Waals surface area contributed by atoms with Crippen molar-refractivity contribution in [3.63, 3.8) is 0 Å². The summed E-state index contributed by atoms with van der Waals surface area (Å²) in [5, 5.41) is 9.00. The zero-order valence-electron chi connectivity index (χ0n) is 8.92. The van der Waals surface area contributed by atoms with E-state index in [4.69, 9.17) is 11.0 Å². The first-order valence-electron chi connectivity index (χ1n) is 4.98. The van der Waals surface area contributed by atoms with Crippen LogP contribution in [0.4, 0.5) is 0 Å². The molecule has 0 fully saturated rings. The lowest BCUT2D eigenvalue weighted by Crippen LogP contribution is -2.12. The minimum Gasteiger partial charge on any atom is -0.366 e. The zero-order chi connectivity index (χ0) is 12.3. The Morgan fingerprint density at radius 1 is 1.24 bits per heavy atom. The average molecular weight is 223 g/mol. The summed E-state index contributed by atoms with van der Waals surface area (Å²) in [4.78, 5) is 15.4. The molecule has 2 aromatic rings. The highest BCUT2D eigenvalue weighted by Gasteiger charge is 2.13. The van der Waals surface area contributed by atoms with E-state index in [1.807, 2.05) is 6.07 Å². The molecule has 0 bridgehead atoms. The summed E-state index contributed by atoms with van der Waals surface area (Å²) in [6, 6.07) is 12.2. The van der Waals surface area contributed by atoms with Crippen LogP contribution >= 0.6 is 0 Å². The van der Waals surface area contributed by atoms with Crippen LogP contribution in [0, 0.1) is 11.3 Å². The highest BCUT2D eigenvalue weighted by Crippen LogP contribution is 2.24. The summed E-state index contributed by atoms with van der Waals surface area (Å²) in [5.74, 6) is -0.532. The summed E-state index contributed by atoms with van der Waals surface area (Å²) < 4.78 is 0. The molecule has 4 nitrogen and oxygen atoms in total. The molecule has 0 aliphatic rings. The Morgan fingerprint density at radius 3 is 2.71 bits per heavy atom. The number of pyridine rings is 1. The second-order valence-electron chi connectivity index (χ2n) is 3.42. The third-order valence-electron chi connectivity index (χ3n) is 2.38. The van der Waals surface area contributed by atoms with Gasteiger partial charge in [0.1, 0.15) is 6.07 Å². The molecule has 2 rings (SSSR count). The van der Waals surface area contributed by atoms with Crippen LogP contribution in [0.25, 0.3) is 11.3 Å². The maximum atomic E-state index is 11.3.